The summed E-state index contributed by atoms with van der Waals surface area (Å²) in [6.07, 6.45) is 6.57. The standard InChI is InChI=1S/C18H20S4/c19-14-4-8-16(9-5-14)21-18(12-2-1-3-13-18)22-17-10-6-15(20)7-11-17/h4-11,19-20H,1-3,12-13H2. The van der Waals surface area contributed by atoms with E-state index >= 15 is 0 Å². The first-order valence-electron chi connectivity index (χ1n) is 7.61. The minimum Gasteiger partial charge on any atom is -0.143 e. The highest BCUT2D eigenvalue weighted by atomic mass is 32.2. The molecular weight excluding hydrogens is 344 g/mol. The van der Waals surface area contributed by atoms with Crippen molar-refractivity contribution in [3.05, 3.63) is 48.5 Å². The van der Waals surface area contributed by atoms with Crippen molar-refractivity contribution in [3.63, 3.8) is 0 Å². The maximum Gasteiger partial charge on any atom is 0.0705 e. The lowest BCUT2D eigenvalue weighted by molar-refractivity contribution is 0.490. The van der Waals surface area contributed by atoms with Gasteiger partial charge in [0.15, 0.2) is 0 Å². The van der Waals surface area contributed by atoms with Gasteiger partial charge in [-0.25, -0.2) is 0 Å². The molecule has 2 aromatic carbocycles. The van der Waals surface area contributed by atoms with Gasteiger partial charge >= 0.3 is 0 Å². The zero-order chi connectivity index (χ0) is 15.4. The molecule has 0 radical (unpaired) electrons. The molecule has 4 heteroatoms. The first kappa shape index (κ1) is 16.7. The van der Waals surface area contributed by atoms with E-state index in [1.165, 1.54) is 41.9 Å². The lowest BCUT2D eigenvalue weighted by Crippen LogP contribution is -2.23. The highest BCUT2D eigenvalue weighted by Gasteiger charge is 2.34. The molecular formula is C18H20S4. The fourth-order valence-electron chi connectivity index (χ4n) is 2.77. The zero-order valence-electron chi connectivity index (χ0n) is 12.4. The molecule has 116 valence electrons. The van der Waals surface area contributed by atoms with Gasteiger partial charge in [-0.05, 0) is 61.4 Å². The van der Waals surface area contributed by atoms with Crippen LogP contribution >= 0.6 is 48.8 Å². The molecule has 0 atom stereocenters. The summed E-state index contributed by atoms with van der Waals surface area (Å²) < 4.78 is 0.258. The quantitative estimate of drug-likeness (QED) is 0.452. The van der Waals surface area contributed by atoms with E-state index in [0.717, 1.165) is 9.79 Å². The molecule has 1 saturated carbocycles. The van der Waals surface area contributed by atoms with Crippen molar-refractivity contribution < 1.29 is 0 Å². The van der Waals surface area contributed by atoms with Gasteiger partial charge < -0.3 is 0 Å². The number of benzene rings is 2. The van der Waals surface area contributed by atoms with Crippen LogP contribution in [0.2, 0.25) is 0 Å². The number of hydrogen-bond donors (Lipinski definition) is 2. The van der Waals surface area contributed by atoms with E-state index in [4.69, 9.17) is 0 Å². The topological polar surface area (TPSA) is 0 Å². The van der Waals surface area contributed by atoms with E-state index in [9.17, 15) is 0 Å². The summed E-state index contributed by atoms with van der Waals surface area (Å²) in [5.41, 5.74) is 0. The first-order valence-corrected chi connectivity index (χ1v) is 10.1. The van der Waals surface area contributed by atoms with Crippen molar-refractivity contribution in [1.29, 1.82) is 0 Å². The number of thiol groups is 2. The molecule has 0 N–H and O–H groups in total. The Bertz CT molecular complexity index is 548. The van der Waals surface area contributed by atoms with Gasteiger partial charge in [0.1, 0.15) is 0 Å². The predicted molar refractivity (Wildman–Crippen MR) is 105 cm³/mol. The van der Waals surface area contributed by atoms with Gasteiger partial charge in [-0.15, -0.1) is 48.8 Å². The fourth-order valence-corrected chi connectivity index (χ4v) is 6.20. The molecule has 0 nitrogen and oxygen atoms in total. The van der Waals surface area contributed by atoms with Crippen LogP contribution in [0.3, 0.4) is 0 Å². The highest BCUT2D eigenvalue weighted by molar-refractivity contribution is 8.18. The van der Waals surface area contributed by atoms with Crippen LogP contribution in [-0.4, -0.2) is 4.08 Å². The molecule has 0 aromatic heterocycles. The van der Waals surface area contributed by atoms with Crippen molar-refractivity contribution in [2.75, 3.05) is 0 Å². The number of thioether (sulfide) groups is 2. The van der Waals surface area contributed by atoms with Gasteiger partial charge in [0.05, 0.1) is 4.08 Å². The molecule has 1 aliphatic carbocycles. The first-order chi connectivity index (χ1) is 10.7. The van der Waals surface area contributed by atoms with Gasteiger partial charge in [-0.1, -0.05) is 19.3 Å². The summed E-state index contributed by atoms with van der Waals surface area (Å²) in [5, 5.41) is 0. The second-order valence-electron chi connectivity index (χ2n) is 5.66. The molecule has 1 fully saturated rings. The Labute approximate surface area is 152 Å². The van der Waals surface area contributed by atoms with E-state index in [1.54, 1.807) is 0 Å². The van der Waals surface area contributed by atoms with Crippen molar-refractivity contribution in [2.24, 2.45) is 0 Å². The Morgan fingerprint density at radius 2 is 1.05 bits per heavy atom. The van der Waals surface area contributed by atoms with Crippen LogP contribution in [0.25, 0.3) is 0 Å². The lowest BCUT2D eigenvalue weighted by Gasteiger charge is -2.36. The van der Waals surface area contributed by atoms with Gasteiger partial charge in [-0.3, -0.25) is 0 Å². The Morgan fingerprint density at radius 1 is 0.636 bits per heavy atom. The Morgan fingerprint density at radius 3 is 1.45 bits per heavy atom. The van der Waals surface area contributed by atoms with Gasteiger partial charge in [-0.2, -0.15) is 0 Å². The molecule has 2 aromatic rings. The second kappa shape index (κ2) is 7.61. The molecule has 0 spiro atoms. The molecule has 1 aliphatic rings. The van der Waals surface area contributed by atoms with Crippen LogP contribution < -0.4 is 0 Å². The average Bonchev–Trinajstić information content (AvgIpc) is 2.53. The third kappa shape index (κ3) is 4.44. The zero-order valence-corrected chi connectivity index (χ0v) is 15.8. The van der Waals surface area contributed by atoms with E-state index < -0.39 is 0 Å². The van der Waals surface area contributed by atoms with Gasteiger partial charge in [0, 0.05) is 19.6 Å². The summed E-state index contributed by atoms with van der Waals surface area (Å²) in [5.74, 6) is 0. The third-order valence-corrected chi connectivity index (χ3v) is 7.57. The van der Waals surface area contributed by atoms with Crippen LogP contribution in [0.15, 0.2) is 68.1 Å². The van der Waals surface area contributed by atoms with Crippen LogP contribution in [0.1, 0.15) is 32.1 Å². The fraction of sp³-hybridized carbons (Fsp3) is 0.333. The number of rotatable bonds is 4. The van der Waals surface area contributed by atoms with Gasteiger partial charge in [0.2, 0.25) is 0 Å². The van der Waals surface area contributed by atoms with Crippen molar-refractivity contribution in [2.45, 2.75) is 55.8 Å². The largest absolute Gasteiger partial charge is 0.143 e. The normalized spacial score (nSPS) is 17.4. The average molecular weight is 365 g/mol. The Kier molecular flexibility index (Phi) is 5.77. The molecule has 0 saturated heterocycles. The highest BCUT2D eigenvalue weighted by Crippen LogP contribution is 2.53. The molecule has 0 bridgehead atoms. The van der Waals surface area contributed by atoms with Crippen LogP contribution in [-0.2, 0) is 0 Å². The molecule has 0 aliphatic heterocycles. The minimum atomic E-state index is 0.258. The van der Waals surface area contributed by atoms with Crippen molar-refractivity contribution in [1.82, 2.24) is 0 Å². The maximum atomic E-state index is 4.39. The minimum absolute atomic E-state index is 0.258. The van der Waals surface area contributed by atoms with Crippen LogP contribution in [0, 0.1) is 0 Å². The Balaban J connectivity index is 1.80. The van der Waals surface area contributed by atoms with E-state index in [1.807, 2.05) is 23.5 Å². The summed E-state index contributed by atoms with van der Waals surface area (Å²) >= 11 is 12.8. The predicted octanol–water partition coefficient (Wildman–Crippen LogP) is 6.81. The smallest absolute Gasteiger partial charge is 0.0705 e. The van der Waals surface area contributed by atoms with Crippen LogP contribution in [0.4, 0.5) is 0 Å². The second-order valence-corrected chi connectivity index (χ2v) is 9.87. The van der Waals surface area contributed by atoms with Crippen LogP contribution in [0.5, 0.6) is 0 Å². The number of hydrogen-bond acceptors (Lipinski definition) is 4. The monoisotopic (exact) mass is 364 g/mol. The van der Waals surface area contributed by atoms with E-state index in [0.29, 0.717) is 0 Å². The van der Waals surface area contributed by atoms with E-state index in [-0.39, 0.29) is 4.08 Å². The van der Waals surface area contributed by atoms with Crippen molar-refractivity contribution in [3.8, 4) is 0 Å². The molecule has 22 heavy (non-hydrogen) atoms. The summed E-state index contributed by atoms with van der Waals surface area (Å²) in [6, 6.07) is 17.1. The summed E-state index contributed by atoms with van der Waals surface area (Å²) in [4.78, 5) is 4.74. The molecule has 3 rings (SSSR count). The molecule has 0 heterocycles. The lowest BCUT2D eigenvalue weighted by atomic mass is 10.00. The summed E-state index contributed by atoms with van der Waals surface area (Å²) in [7, 11) is 0. The molecule has 0 amide bonds. The molecule has 0 unspecified atom stereocenters. The van der Waals surface area contributed by atoms with Crippen molar-refractivity contribution >= 4 is 48.8 Å². The SMILES string of the molecule is Sc1ccc(SC2(Sc3ccc(S)cc3)CCCCC2)cc1. The third-order valence-electron chi connectivity index (χ3n) is 3.90. The maximum absolute atomic E-state index is 4.39. The van der Waals surface area contributed by atoms with Gasteiger partial charge in [0.25, 0.3) is 0 Å². The van der Waals surface area contributed by atoms with E-state index in [2.05, 4.69) is 73.8 Å². The summed E-state index contributed by atoms with van der Waals surface area (Å²) in [6.45, 7) is 0. The Hall–Kier alpha value is -0.160.